The zero-order valence-corrected chi connectivity index (χ0v) is 30.2. The SMILES string of the molecule is CC=C(CC=C(C)CCC=C(C)CCC=C(C)CCC=C(C)CCC=C(C)CCC=C(C)CCC=C(C)C)c1ccccc1. The Morgan fingerprint density at radius 2 is 0.750 bits per heavy atom. The van der Waals surface area contributed by atoms with E-state index >= 15 is 0 Å². The van der Waals surface area contributed by atoms with E-state index in [9.17, 15) is 0 Å². The van der Waals surface area contributed by atoms with Crippen LogP contribution >= 0.6 is 0 Å². The van der Waals surface area contributed by atoms with Gasteiger partial charge in [-0.15, -0.1) is 0 Å². The van der Waals surface area contributed by atoms with Crippen LogP contribution < -0.4 is 0 Å². The van der Waals surface area contributed by atoms with Gasteiger partial charge in [-0.05, 0) is 157 Å². The molecule has 0 nitrogen and oxygen atoms in total. The quantitative estimate of drug-likeness (QED) is 0.124. The van der Waals surface area contributed by atoms with Crippen LogP contribution in [0.1, 0.15) is 151 Å². The Hall–Kier alpha value is -2.86. The van der Waals surface area contributed by atoms with Crippen molar-refractivity contribution in [2.45, 2.75) is 146 Å². The zero-order valence-electron chi connectivity index (χ0n) is 30.2. The van der Waals surface area contributed by atoms with Crippen molar-refractivity contribution in [1.82, 2.24) is 0 Å². The van der Waals surface area contributed by atoms with Gasteiger partial charge in [0.2, 0.25) is 0 Å². The second-order valence-electron chi connectivity index (χ2n) is 13.2. The Morgan fingerprint density at radius 3 is 1.07 bits per heavy atom. The molecule has 0 spiro atoms. The molecule has 242 valence electrons. The molecule has 0 amide bonds. The average molecular weight is 595 g/mol. The first-order chi connectivity index (χ1) is 21.1. The van der Waals surface area contributed by atoms with Crippen molar-refractivity contribution in [2.24, 2.45) is 0 Å². The minimum absolute atomic E-state index is 1.01. The standard InChI is InChI=1S/C44H66/c1-10-43(44-32-12-11-13-33-44)35-34-42(9)31-19-30-41(8)29-18-28-40(7)27-17-26-39(6)25-16-24-38(5)23-15-22-37(4)21-14-20-36(2)3/h10-13,20,22,24,26,28,30,32-34H,14-19,21,23,25,27,29,31,35H2,1-9H3. The van der Waals surface area contributed by atoms with Gasteiger partial charge in [0.05, 0.1) is 0 Å². The molecule has 1 aromatic rings. The Bertz CT molecular complexity index is 1180. The highest BCUT2D eigenvalue weighted by molar-refractivity contribution is 5.66. The van der Waals surface area contributed by atoms with Crippen LogP contribution in [0.15, 0.2) is 118 Å². The summed E-state index contributed by atoms with van der Waals surface area (Å²) in [5.41, 5.74) is 13.3. The van der Waals surface area contributed by atoms with Gasteiger partial charge >= 0.3 is 0 Å². The Labute approximate surface area is 274 Å². The number of hydrogen-bond acceptors (Lipinski definition) is 0. The van der Waals surface area contributed by atoms with Crippen LogP contribution in [0.25, 0.3) is 5.57 Å². The molecule has 0 fully saturated rings. The Balaban J connectivity index is 2.27. The van der Waals surface area contributed by atoms with E-state index in [-0.39, 0.29) is 0 Å². The predicted octanol–water partition coefficient (Wildman–Crippen LogP) is 14.8. The largest absolute Gasteiger partial charge is 0.0856 e. The van der Waals surface area contributed by atoms with E-state index in [0.29, 0.717) is 0 Å². The number of hydrogen-bond donors (Lipinski definition) is 0. The minimum atomic E-state index is 1.01. The normalized spacial score (nSPS) is 14.3. The van der Waals surface area contributed by atoms with Crippen molar-refractivity contribution in [1.29, 1.82) is 0 Å². The summed E-state index contributed by atoms with van der Waals surface area (Å²) in [6.07, 6.45) is 34.3. The van der Waals surface area contributed by atoms with E-state index in [1.807, 2.05) is 0 Å². The lowest BCUT2D eigenvalue weighted by atomic mass is 10.00. The number of benzene rings is 1. The van der Waals surface area contributed by atoms with Crippen LogP contribution in [0.2, 0.25) is 0 Å². The molecule has 1 rings (SSSR count). The molecule has 44 heavy (non-hydrogen) atoms. The summed E-state index contributed by atoms with van der Waals surface area (Å²) >= 11 is 0. The van der Waals surface area contributed by atoms with Gasteiger partial charge in [0.15, 0.2) is 0 Å². The van der Waals surface area contributed by atoms with Crippen LogP contribution in [0.5, 0.6) is 0 Å². The lowest BCUT2D eigenvalue weighted by molar-refractivity contribution is 0.883. The first kappa shape index (κ1) is 39.2. The third kappa shape index (κ3) is 20.9. The van der Waals surface area contributed by atoms with E-state index in [2.05, 4.69) is 141 Å². The molecule has 1 aromatic carbocycles. The smallest absolute Gasteiger partial charge is 0.00922 e. The summed E-state index contributed by atoms with van der Waals surface area (Å²) in [5, 5.41) is 0. The van der Waals surface area contributed by atoms with Gasteiger partial charge in [-0.25, -0.2) is 0 Å². The van der Waals surface area contributed by atoms with Crippen molar-refractivity contribution in [3.8, 4) is 0 Å². The van der Waals surface area contributed by atoms with Gasteiger partial charge < -0.3 is 0 Å². The zero-order chi connectivity index (χ0) is 32.6. The fourth-order valence-electron chi connectivity index (χ4n) is 5.27. The van der Waals surface area contributed by atoms with Crippen LogP contribution in [-0.4, -0.2) is 0 Å². The van der Waals surface area contributed by atoms with Crippen molar-refractivity contribution < 1.29 is 0 Å². The molecule has 0 heteroatoms. The predicted molar refractivity (Wildman–Crippen MR) is 202 cm³/mol. The third-order valence-corrected chi connectivity index (χ3v) is 8.41. The molecule has 0 unspecified atom stereocenters. The molecular formula is C44H66. The van der Waals surface area contributed by atoms with Crippen molar-refractivity contribution in [3.63, 3.8) is 0 Å². The Kier molecular flexibility index (Phi) is 21.8. The minimum Gasteiger partial charge on any atom is -0.0856 e. The van der Waals surface area contributed by atoms with Crippen molar-refractivity contribution >= 4 is 5.57 Å². The van der Waals surface area contributed by atoms with Crippen LogP contribution in [0, 0.1) is 0 Å². The fraction of sp³-hybridized carbons (Fsp3) is 0.500. The van der Waals surface area contributed by atoms with Gasteiger partial charge in [-0.2, -0.15) is 0 Å². The Morgan fingerprint density at radius 1 is 0.432 bits per heavy atom. The maximum absolute atomic E-state index is 2.46. The summed E-state index contributed by atoms with van der Waals surface area (Å²) in [4.78, 5) is 0. The molecule has 0 atom stereocenters. The molecule has 0 aliphatic carbocycles. The van der Waals surface area contributed by atoms with Gasteiger partial charge in [0.25, 0.3) is 0 Å². The maximum atomic E-state index is 2.46. The van der Waals surface area contributed by atoms with E-state index in [1.54, 1.807) is 0 Å². The molecule has 0 saturated carbocycles. The molecule has 0 aromatic heterocycles. The van der Waals surface area contributed by atoms with Crippen LogP contribution in [0.3, 0.4) is 0 Å². The van der Waals surface area contributed by atoms with Crippen LogP contribution in [0.4, 0.5) is 0 Å². The molecule has 0 radical (unpaired) electrons. The summed E-state index contributed by atoms with van der Waals surface area (Å²) < 4.78 is 0. The topological polar surface area (TPSA) is 0 Å². The maximum Gasteiger partial charge on any atom is -0.00922 e. The molecule has 0 bridgehead atoms. The number of rotatable bonds is 21. The second kappa shape index (κ2) is 24.5. The van der Waals surface area contributed by atoms with Crippen molar-refractivity contribution in [3.05, 3.63) is 124 Å². The second-order valence-corrected chi connectivity index (χ2v) is 13.2. The van der Waals surface area contributed by atoms with Gasteiger partial charge in [0.1, 0.15) is 0 Å². The highest BCUT2D eigenvalue weighted by atomic mass is 14.1. The van der Waals surface area contributed by atoms with Crippen molar-refractivity contribution in [2.75, 3.05) is 0 Å². The van der Waals surface area contributed by atoms with E-state index in [0.717, 1.165) is 38.5 Å². The van der Waals surface area contributed by atoms with Crippen LogP contribution in [-0.2, 0) is 0 Å². The lowest BCUT2D eigenvalue weighted by Gasteiger charge is -2.06. The highest BCUT2D eigenvalue weighted by Gasteiger charge is 1.99. The fourth-order valence-corrected chi connectivity index (χ4v) is 5.27. The van der Waals surface area contributed by atoms with E-state index < -0.39 is 0 Å². The number of allylic oxidation sites excluding steroid dienone is 16. The third-order valence-electron chi connectivity index (χ3n) is 8.41. The highest BCUT2D eigenvalue weighted by Crippen LogP contribution is 2.21. The summed E-state index contributed by atoms with van der Waals surface area (Å²) in [5.74, 6) is 0. The molecule has 0 aliphatic heterocycles. The first-order valence-corrected chi connectivity index (χ1v) is 17.4. The summed E-state index contributed by atoms with van der Waals surface area (Å²) in [6.45, 7) is 20.2. The lowest BCUT2D eigenvalue weighted by Crippen LogP contribution is -1.85. The van der Waals surface area contributed by atoms with Gasteiger partial charge in [-0.3, -0.25) is 0 Å². The summed E-state index contributed by atoms with van der Waals surface area (Å²) in [6, 6.07) is 10.7. The summed E-state index contributed by atoms with van der Waals surface area (Å²) in [7, 11) is 0. The monoisotopic (exact) mass is 595 g/mol. The van der Waals surface area contributed by atoms with Gasteiger partial charge in [0, 0.05) is 0 Å². The molecular weight excluding hydrogens is 528 g/mol. The molecule has 0 aliphatic rings. The van der Waals surface area contributed by atoms with Gasteiger partial charge in [-0.1, -0.05) is 118 Å². The molecule has 0 N–H and O–H groups in total. The van der Waals surface area contributed by atoms with E-state index in [4.69, 9.17) is 0 Å². The molecule has 0 heterocycles. The average Bonchev–Trinajstić information content (AvgIpc) is 2.98. The first-order valence-electron chi connectivity index (χ1n) is 17.4. The molecule has 0 saturated heterocycles. The van der Waals surface area contributed by atoms with E-state index in [1.165, 1.54) is 95.1 Å².